The smallest absolute Gasteiger partial charge is 0.343 e. The van der Waals surface area contributed by atoms with E-state index >= 15 is 0 Å². The largest absolute Gasteiger partial charge is 0.492 e. The van der Waals surface area contributed by atoms with E-state index in [1.54, 1.807) is 6.20 Å². The van der Waals surface area contributed by atoms with Crippen molar-refractivity contribution in [3.63, 3.8) is 0 Å². The van der Waals surface area contributed by atoms with Crippen LogP contribution in [0, 0.1) is 35.5 Å². The van der Waals surface area contributed by atoms with Crippen molar-refractivity contribution in [2.45, 2.75) is 91.0 Å². The number of fused-ring (bicyclic) bond motifs is 3. The van der Waals surface area contributed by atoms with Gasteiger partial charge in [0.1, 0.15) is 11.3 Å². The van der Waals surface area contributed by atoms with Gasteiger partial charge in [-0.3, -0.25) is 4.98 Å². The summed E-state index contributed by atoms with van der Waals surface area (Å²) in [5.41, 5.74) is 2.72. The molecule has 2 heterocycles. The molecule has 1 saturated heterocycles. The summed E-state index contributed by atoms with van der Waals surface area (Å²) in [6, 6.07) is 0. The first-order valence-electron chi connectivity index (χ1n) is 13.9. The van der Waals surface area contributed by atoms with Gasteiger partial charge in [-0.25, -0.2) is 4.79 Å². The van der Waals surface area contributed by atoms with E-state index in [1.165, 1.54) is 44.6 Å². The van der Waals surface area contributed by atoms with Crippen LogP contribution >= 0.6 is 0 Å². The van der Waals surface area contributed by atoms with Crippen LogP contribution in [0.5, 0.6) is 5.75 Å². The number of hydrogen-bond donors (Lipinski definition) is 0. The predicted molar refractivity (Wildman–Crippen MR) is 138 cm³/mol. The van der Waals surface area contributed by atoms with Gasteiger partial charge in [0, 0.05) is 29.3 Å². The first-order chi connectivity index (χ1) is 17.3. The first-order valence-corrected chi connectivity index (χ1v) is 13.9. The Bertz CT molecular complexity index is 988. The van der Waals surface area contributed by atoms with Crippen LogP contribution in [0.1, 0.15) is 87.6 Å². The van der Waals surface area contributed by atoms with Gasteiger partial charge in [-0.05, 0) is 69.1 Å². The highest BCUT2D eigenvalue weighted by Crippen LogP contribution is 2.63. The number of nitrogens with zero attached hydrogens (tertiary/aromatic N) is 1. The monoisotopic (exact) mass is 497 g/mol. The predicted octanol–water partition coefficient (Wildman–Crippen LogP) is 6.27. The molecular formula is C30H43NO5. The number of ether oxygens (including phenoxy) is 4. The van der Waals surface area contributed by atoms with E-state index in [9.17, 15) is 4.79 Å². The maximum atomic E-state index is 12.2. The number of methoxy groups -OCH3 is 1. The Hall–Kier alpha value is -1.92. The highest BCUT2D eigenvalue weighted by molar-refractivity contribution is 5.92. The molecule has 0 spiro atoms. The quantitative estimate of drug-likeness (QED) is 0.341. The van der Waals surface area contributed by atoms with Gasteiger partial charge in [0.15, 0.2) is 6.29 Å². The maximum absolute atomic E-state index is 12.2. The minimum absolute atomic E-state index is 0.00899. The van der Waals surface area contributed by atoms with Gasteiger partial charge in [0.2, 0.25) is 0 Å². The normalized spacial score (nSPS) is 36.7. The number of esters is 1. The Labute approximate surface area is 216 Å². The minimum atomic E-state index is -0.422. The van der Waals surface area contributed by atoms with Crippen LogP contribution in [0.3, 0.4) is 0 Å². The molecule has 3 aliphatic carbocycles. The third-order valence-electron chi connectivity index (χ3n) is 10.1. The van der Waals surface area contributed by atoms with Crippen LogP contribution in [0.2, 0.25) is 0 Å². The van der Waals surface area contributed by atoms with Gasteiger partial charge < -0.3 is 18.9 Å². The van der Waals surface area contributed by atoms with Gasteiger partial charge in [-0.1, -0.05) is 38.8 Å². The molecule has 1 aliphatic heterocycles. The molecule has 5 rings (SSSR count). The van der Waals surface area contributed by atoms with Crippen LogP contribution < -0.4 is 4.74 Å². The molecule has 0 amide bonds. The molecule has 3 saturated carbocycles. The molecule has 198 valence electrons. The van der Waals surface area contributed by atoms with Gasteiger partial charge in [-0.2, -0.15) is 0 Å². The third kappa shape index (κ3) is 4.38. The second kappa shape index (κ2) is 10.1. The van der Waals surface area contributed by atoms with E-state index in [1.807, 2.05) is 6.92 Å². The summed E-state index contributed by atoms with van der Waals surface area (Å²) in [4.78, 5) is 16.4. The molecule has 1 aromatic heterocycles. The Morgan fingerprint density at radius 2 is 1.94 bits per heavy atom. The summed E-state index contributed by atoms with van der Waals surface area (Å²) in [7, 11) is 1.38. The minimum Gasteiger partial charge on any atom is -0.492 e. The summed E-state index contributed by atoms with van der Waals surface area (Å²) in [6.45, 7) is 12.6. The first kappa shape index (κ1) is 25.7. The highest BCUT2D eigenvalue weighted by atomic mass is 16.7. The van der Waals surface area contributed by atoms with Crippen LogP contribution in [0.15, 0.2) is 24.5 Å². The Morgan fingerprint density at radius 3 is 2.69 bits per heavy atom. The van der Waals surface area contributed by atoms with Crippen molar-refractivity contribution in [2.75, 3.05) is 20.3 Å². The summed E-state index contributed by atoms with van der Waals surface area (Å²) in [5.74, 6) is 1.62. The molecule has 0 radical (unpaired) electrons. The Kier molecular flexibility index (Phi) is 7.21. The molecule has 1 unspecified atom stereocenters. The number of pyridine rings is 1. The van der Waals surface area contributed by atoms with Crippen molar-refractivity contribution in [1.29, 1.82) is 0 Å². The molecular weight excluding hydrogens is 454 g/mol. The summed E-state index contributed by atoms with van der Waals surface area (Å²) >= 11 is 0. The number of aromatic nitrogens is 1. The van der Waals surface area contributed by atoms with E-state index in [2.05, 4.69) is 25.4 Å². The number of carbonyl (C=O) groups excluding carboxylic acids is 1. The molecule has 0 aromatic carbocycles. The number of carbonyl (C=O) groups is 1. The van der Waals surface area contributed by atoms with Gasteiger partial charge in [0.05, 0.1) is 26.4 Å². The van der Waals surface area contributed by atoms with Crippen molar-refractivity contribution < 1.29 is 23.7 Å². The van der Waals surface area contributed by atoms with Gasteiger partial charge in [0.25, 0.3) is 0 Å². The van der Waals surface area contributed by atoms with E-state index < -0.39 is 5.97 Å². The van der Waals surface area contributed by atoms with Crippen LogP contribution in [0.4, 0.5) is 0 Å². The zero-order valence-electron chi connectivity index (χ0n) is 22.5. The topological polar surface area (TPSA) is 66.9 Å². The maximum Gasteiger partial charge on any atom is 0.343 e. The average Bonchev–Trinajstić information content (AvgIpc) is 3.40. The fourth-order valence-corrected chi connectivity index (χ4v) is 8.14. The fraction of sp³-hybridized carbons (Fsp3) is 0.733. The number of aryl methyl sites for hydroxylation is 1. The third-order valence-corrected chi connectivity index (χ3v) is 10.1. The molecule has 0 bridgehead atoms. The van der Waals surface area contributed by atoms with Crippen molar-refractivity contribution in [2.24, 2.45) is 28.6 Å². The highest BCUT2D eigenvalue weighted by Gasteiger charge is 2.60. The summed E-state index contributed by atoms with van der Waals surface area (Å²) < 4.78 is 24.4. The molecule has 4 fully saturated rings. The van der Waals surface area contributed by atoms with Crippen molar-refractivity contribution in [1.82, 2.24) is 4.98 Å². The fourth-order valence-electron chi connectivity index (χ4n) is 8.14. The molecule has 6 nitrogen and oxygen atoms in total. The zero-order chi connectivity index (χ0) is 25.5. The lowest BCUT2D eigenvalue weighted by atomic mass is 9.46. The van der Waals surface area contributed by atoms with Crippen LogP contribution in [-0.4, -0.2) is 43.7 Å². The SMILES string of the molecule is C=C1CCC2[C@]3(C)CO[C@@H](C4CCCC4)O[C@@H]3CC[C@@]2(C)[C@@H]1CCOc1c(C)cncc1C(=O)OC. The lowest BCUT2D eigenvalue weighted by molar-refractivity contribution is -0.316. The van der Waals surface area contributed by atoms with E-state index in [-0.39, 0.29) is 23.2 Å². The van der Waals surface area contributed by atoms with Crippen LogP contribution in [0.25, 0.3) is 0 Å². The molecule has 36 heavy (non-hydrogen) atoms. The number of allylic oxidation sites excluding steroid dienone is 1. The number of hydrogen-bond acceptors (Lipinski definition) is 6. The molecule has 1 aromatic rings. The summed E-state index contributed by atoms with van der Waals surface area (Å²) in [5, 5.41) is 0. The second-order valence-electron chi connectivity index (χ2n) is 12.2. The Balaban J connectivity index is 1.29. The molecule has 0 N–H and O–H groups in total. The zero-order valence-corrected chi connectivity index (χ0v) is 22.5. The molecule has 6 atom stereocenters. The Morgan fingerprint density at radius 1 is 1.17 bits per heavy atom. The van der Waals surface area contributed by atoms with Crippen molar-refractivity contribution in [3.05, 3.63) is 35.7 Å². The van der Waals surface area contributed by atoms with Crippen molar-refractivity contribution >= 4 is 5.97 Å². The molecule has 4 aliphatic rings. The van der Waals surface area contributed by atoms with E-state index in [4.69, 9.17) is 18.9 Å². The molecule has 6 heteroatoms. The van der Waals surface area contributed by atoms with Crippen molar-refractivity contribution in [3.8, 4) is 5.75 Å². The standard InChI is InChI=1S/C30H43NO5/c1-19-10-11-24-29(3,14-12-25-30(24,4)18-35-28(36-25)21-8-6-7-9-21)23(19)13-15-34-26-20(2)16-31-17-22(26)27(32)33-5/h16-17,21,23-25,28H,1,6-15,18H2,2-5H3/t23-,24?,25-,28-,29+,30+/m1/s1. The van der Waals surface area contributed by atoms with E-state index in [0.717, 1.165) is 44.3 Å². The van der Waals surface area contributed by atoms with Crippen LogP contribution in [-0.2, 0) is 14.2 Å². The van der Waals surface area contributed by atoms with Gasteiger partial charge >= 0.3 is 5.97 Å². The lowest BCUT2D eigenvalue weighted by Crippen LogP contribution is -2.62. The average molecular weight is 498 g/mol. The van der Waals surface area contributed by atoms with E-state index in [0.29, 0.717) is 35.7 Å². The second-order valence-corrected chi connectivity index (χ2v) is 12.2. The summed E-state index contributed by atoms with van der Waals surface area (Å²) in [6.07, 6.45) is 13.9. The number of rotatable bonds is 6. The lowest BCUT2D eigenvalue weighted by Gasteiger charge is -2.63. The van der Waals surface area contributed by atoms with Gasteiger partial charge in [-0.15, -0.1) is 0 Å².